The summed E-state index contributed by atoms with van der Waals surface area (Å²) in [7, 11) is 0. The van der Waals surface area contributed by atoms with Gasteiger partial charge in [0, 0.05) is 25.2 Å². The van der Waals surface area contributed by atoms with Crippen molar-refractivity contribution >= 4 is 18.3 Å². The number of carboxylic acids is 1. The van der Waals surface area contributed by atoms with Gasteiger partial charge in [0.05, 0.1) is 5.92 Å². The molecule has 1 fully saturated rings. The van der Waals surface area contributed by atoms with E-state index in [2.05, 4.69) is 22.8 Å². The first-order valence-electron chi connectivity index (χ1n) is 12.8. The summed E-state index contributed by atoms with van der Waals surface area (Å²) in [5, 5.41) is 15.7. The predicted octanol–water partition coefficient (Wildman–Crippen LogP) is 4.37. The van der Waals surface area contributed by atoms with Crippen LogP contribution in [0.4, 0.5) is 9.18 Å². The number of amides is 2. The molecule has 2 aromatic rings. The van der Waals surface area contributed by atoms with Gasteiger partial charge in [0.25, 0.3) is 0 Å². The molecule has 7 nitrogen and oxygen atoms in total. The lowest BCUT2D eigenvalue weighted by molar-refractivity contribution is -0.142. The van der Waals surface area contributed by atoms with Gasteiger partial charge in [-0.25, -0.2) is 9.18 Å². The smallest absolute Gasteiger partial charge is 0.318 e. The zero-order valence-electron chi connectivity index (χ0n) is 21.9. The van der Waals surface area contributed by atoms with E-state index in [1.54, 1.807) is 17.0 Å². The van der Waals surface area contributed by atoms with Crippen LogP contribution in [-0.4, -0.2) is 59.0 Å². The van der Waals surface area contributed by atoms with Gasteiger partial charge < -0.3 is 25.4 Å². The number of halogens is 1. The molecular weight excluding hydrogens is 473 g/mol. The zero-order chi connectivity index (χ0) is 27.1. The van der Waals surface area contributed by atoms with E-state index >= 15 is 0 Å². The molecular formula is C29H38FN3O4. The summed E-state index contributed by atoms with van der Waals surface area (Å²) >= 11 is 0. The van der Waals surface area contributed by atoms with Gasteiger partial charge in [-0.05, 0) is 68.7 Å². The molecule has 2 atom stereocenters. The molecule has 0 saturated carbocycles. The number of aldehydes is 1. The normalized spacial score (nSPS) is 17.0. The summed E-state index contributed by atoms with van der Waals surface area (Å²) in [5.74, 6) is -1.80. The molecule has 1 heterocycles. The average molecular weight is 512 g/mol. The largest absolute Gasteiger partial charge is 0.481 e. The van der Waals surface area contributed by atoms with Crippen molar-refractivity contribution in [3.05, 3.63) is 71.5 Å². The number of urea groups is 1. The van der Waals surface area contributed by atoms with Gasteiger partial charge in [-0.15, -0.1) is 0 Å². The van der Waals surface area contributed by atoms with Crippen LogP contribution in [-0.2, 0) is 16.0 Å². The molecule has 8 heteroatoms. The third-order valence-corrected chi connectivity index (χ3v) is 7.17. The maximum atomic E-state index is 13.3. The Bertz CT molecular complexity index is 1050. The molecule has 1 aliphatic rings. The third kappa shape index (κ3) is 8.12. The van der Waals surface area contributed by atoms with Crippen LogP contribution in [0.15, 0.2) is 54.6 Å². The fourth-order valence-electron chi connectivity index (χ4n) is 4.93. The molecule has 3 N–H and O–H groups in total. The van der Waals surface area contributed by atoms with Crippen LogP contribution >= 0.6 is 0 Å². The number of hydrogen-bond acceptors (Lipinski definition) is 4. The molecule has 2 amide bonds. The Morgan fingerprint density at radius 2 is 1.73 bits per heavy atom. The summed E-state index contributed by atoms with van der Waals surface area (Å²) in [4.78, 5) is 39.0. The van der Waals surface area contributed by atoms with Crippen molar-refractivity contribution in [2.45, 2.75) is 63.5 Å². The van der Waals surface area contributed by atoms with Gasteiger partial charge in [0.15, 0.2) is 0 Å². The third-order valence-electron chi connectivity index (χ3n) is 7.17. The Labute approximate surface area is 218 Å². The van der Waals surface area contributed by atoms with Crippen LogP contribution in [0.25, 0.3) is 0 Å². The monoisotopic (exact) mass is 511 g/mol. The number of carbonyl (C=O) groups is 3. The average Bonchev–Trinajstić information content (AvgIpc) is 2.89. The maximum Gasteiger partial charge on any atom is 0.318 e. The van der Waals surface area contributed by atoms with E-state index < -0.39 is 23.0 Å². The highest BCUT2D eigenvalue weighted by molar-refractivity contribution is 5.81. The van der Waals surface area contributed by atoms with E-state index in [9.17, 15) is 23.9 Å². The Balaban J connectivity index is 1.68. The van der Waals surface area contributed by atoms with E-state index in [1.807, 2.05) is 32.0 Å². The second kappa shape index (κ2) is 12.3. The summed E-state index contributed by atoms with van der Waals surface area (Å²) in [6, 6.07) is 16.1. The van der Waals surface area contributed by atoms with E-state index in [1.165, 1.54) is 24.6 Å². The van der Waals surface area contributed by atoms with Crippen molar-refractivity contribution < 1.29 is 23.9 Å². The zero-order valence-corrected chi connectivity index (χ0v) is 21.9. The quantitative estimate of drug-likeness (QED) is 0.389. The molecule has 1 aliphatic heterocycles. The van der Waals surface area contributed by atoms with Gasteiger partial charge >= 0.3 is 12.0 Å². The van der Waals surface area contributed by atoms with Crippen LogP contribution in [0.3, 0.4) is 0 Å². The number of piperidine rings is 1. The maximum absolute atomic E-state index is 13.3. The van der Waals surface area contributed by atoms with Crippen LogP contribution in [0.5, 0.6) is 0 Å². The van der Waals surface area contributed by atoms with Crippen molar-refractivity contribution in [2.24, 2.45) is 5.92 Å². The van der Waals surface area contributed by atoms with Gasteiger partial charge in [-0.3, -0.25) is 4.79 Å². The van der Waals surface area contributed by atoms with Gasteiger partial charge in [0.2, 0.25) is 0 Å². The number of nitrogens with one attached hydrogen (secondary N) is 2. The van der Waals surface area contributed by atoms with E-state index in [0.717, 1.165) is 18.4 Å². The number of nitrogens with zero attached hydrogens (tertiary/aromatic N) is 1. The molecule has 200 valence electrons. The number of benzene rings is 2. The molecule has 0 aromatic heterocycles. The first-order chi connectivity index (χ1) is 17.5. The highest BCUT2D eigenvalue weighted by Gasteiger charge is 2.38. The topological polar surface area (TPSA) is 98.7 Å². The predicted molar refractivity (Wildman–Crippen MR) is 141 cm³/mol. The number of hydrogen-bond donors (Lipinski definition) is 3. The SMILES string of the molecule is CC(C[C@](C=O)(CNC(C)(C)Cc1ccc(F)cc1)NC(=O)N1CCC(c2ccccc2)CC1)C(=O)O. The molecule has 0 spiro atoms. The Morgan fingerprint density at radius 3 is 2.30 bits per heavy atom. The fourth-order valence-corrected chi connectivity index (χ4v) is 4.93. The highest BCUT2D eigenvalue weighted by atomic mass is 19.1. The van der Waals surface area contributed by atoms with Crippen molar-refractivity contribution in [3.63, 3.8) is 0 Å². The minimum atomic E-state index is -1.40. The summed E-state index contributed by atoms with van der Waals surface area (Å²) < 4.78 is 13.3. The number of aliphatic carboxylic acids is 1. The van der Waals surface area contributed by atoms with Gasteiger partial charge in [0.1, 0.15) is 17.6 Å². The van der Waals surface area contributed by atoms with Crippen molar-refractivity contribution in [3.8, 4) is 0 Å². The van der Waals surface area contributed by atoms with E-state index in [-0.39, 0.29) is 24.8 Å². The van der Waals surface area contributed by atoms with E-state index in [4.69, 9.17) is 0 Å². The lowest BCUT2D eigenvalue weighted by atomic mass is 9.87. The first kappa shape index (κ1) is 28.3. The number of rotatable bonds is 11. The van der Waals surface area contributed by atoms with Gasteiger partial charge in [-0.1, -0.05) is 49.4 Å². The molecule has 3 rings (SSSR count). The highest BCUT2D eigenvalue weighted by Crippen LogP contribution is 2.28. The minimum absolute atomic E-state index is 0.0440. The molecule has 0 radical (unpaired) electrons. The minimum Gasteiger partial charge on any atom is -0.481 e. The second-order valence-corrected chi connectivity index (χ2v) is 10.9. The molecule has 2 aromatic carbocycles. The van der Waals surface area contributed by atoms with Gasteiger partial charge in [-0.2, -0.15) is 0 Å². The molecule has 0 aliphatic carbocycles. The lowest BCUT2D eigenvalue weighted by Gasteiger charge is -2.39. The van der Waals surface area contributed by atoms with Crippen LogP contribution in [0.2, 0.25) is 0 Å². The first-order valence-corrected chi connectivity index (χ1v) is 12.8. The number of carboxylic acid groups (broad SMARTS) is 1. The van der Waals surface area contributed by atoms with Crippen LogP contribution in [0, 0.1) is 11.7 Å². The number of likely N-dealkylation sites (tertiary alicyclic amines) is 1. The Hall–Kier alpha value is -3.26. The molecule has 37 heavy (non-hydrogen) atoms. The van der Waals surface area contributed by atoms with Crippen LogP contribution in [0.1, 0.15) is 57.1 Å². The lowest BCUT2D eigenvalue weighted by Crippen LogP contribution is -2.62. The molecule has 1 unspecified atom stereocenters. The molecule has 0 bridgehead atoms. The van der Waals surface area contributed by atoms with E-state index in [0.29, 0.717) is 31.7 Å². The number of carbonyl (C=O) groups excluding carboxylic acids is 2. The fraction of sp³-hybridized carbons (Fsp3) is 0.483. The second-order valence-electron chi connectivity index (χ2n) is 10.9. The summed E-state index contributed by atoms with van der Waals surface area (Å²) in [6.07, 6.45) is 2.80. The van der Waals surface area contributed by atoms with Crippen molar-refractivity contribution in [1.29, 1.82) is 0 Å². The van der Waals surface area contributed by atoms with Crippen molar-refractivity contribution in [1.82, 2.24) is 15.5 Å². The standard InChI is InChI=1S/C29H38FN3O4/c1-21(26(35)36)17-29(20-34,19-31-28(2,3)18-22-9-11-25(30)12-10-22)32-27(37)33-15-13-24(14-16-33)23-7-5-4-6-8-23/h4-12,20-21,24,31H,13-19H2,1-3H3,(H,32,37)(H,35,36)/t21?,29-/m1/s1. The Morgan fingerprint density at radius 1 is 1.11 bits per heavy atom. The Kier molecular flexibility index (Phi) is 9.43. The summed E-state index contributed by atoms with van der Waals surface area (Å²) in [6.45, 7) is 6.60. The van der Waals surface area contributed by atoms with Crippen LogP contribution < -0.4 is 10.6 Å². The van der Waals surface area contributed by atoms with Crippen molar-refractivity contribution in [2.75, 3.05) is 19.6 Å². The summed E-state index contributed by atoms with van der Waals surface area (Å²) in [5.41, 5.74) is 0.273. The molecule has 1 saturated heterocycles.